The van der Waals surface area contributed by atoms with Crippen molar-refractivity contribution in [2.75, 3.05) is 7.11 Å². The molecule has 0 aliphatic carbocycles. The van der Waals surface area contributed by atoms with Crippen molar-refractivity contribution in [2.45, 2.75) is 6.42 Å². The molecule has 2 aromatic carbocycles. The fraction of sp³-hybridized carbons (Fsp3) is 0.111. The second-order valence-electron chi connectivity index (χ2n) is 5.07. The number of nitrogens with two attached hydrogens (primary N) is 1. The molecule has 4 heteroatoms. The molecule has 2 N–H and O–H groups in total. The number of nitrogens with zero attached hydrogens (tertiary/aromatic N) is 1. The number of quaternary nitrogens is 1. The lowest BCUT2D eigenvalue weighted by molar-refractivity contribution is -0.571. The topological polar surface area (TPSA) is 55.3 Å². The summed E-state index contributed by atoms with van der Waals surface area (Å²) in [4.78, 5) is 12.0. The number of ether oxygens (including phenoxy) is 1. The molecular formula is C18H17N2O2+. The maximum Gasteiger partial charge on any atom is 0.364 e. The van der Waals surface area contributed by atoms with E-state index in [-0.39, 0.29) is 5.91 Å². The summed E-state index contributed by atoms with van der Waals surface area (Å²) >= 11 is 0. The van der Waals surface area contributed by atoms with Crippen LogP contribution in [0.3, 0.4) is 0 Å². The number of benzene rings is 2. The van der Waals surface area contributed by atoms with E-state index in [1.54, 1.807) is 7.11 Å². The predicted octanol–water partition coefficient (Wildman–Crippen LogP) is 1.67. The van der Waals surface area contributed by atoms with Crippen molar-refractivity contribution in [2.24, 2.45) is 5.10 Å². The molecule has 110 valence electrons. The van der Waals surface area contributed by atoms with Crippen molar-refractivity contribution in [1.82, 2.24) is 0 Å². The van der Waals surface area contributed by atoms with Crippen LogP contribution in [-0.4, -0.2) is 18.7 Å². The molecule has 2 aromatic rings. The van der Waals surface area contributed by atoms with Crippen molar-refractivity contribution >= 4 is 11.6 Å². The van der Waals surface area contributed by atoms with Crippen LogP contribution in [0.1, 0.15) is 11.1 Å². The maximum absolute atomic E-state index is 12.0. The molecule has 0 radical (unpaired) electrons. The second kappa shape index (κ2) is 6.37. The molecule has 0 atom stereocenters. The third-order valence-corrected chi connectivity index (χ3v) is 3.57. The maximum atomic E-state index is 12.0. The largest absolute Gasteiger partial charge is 0.497 e. The molecule has 1 aliphatic heterocycles. The molecule has 1 aliphatic rings. The molecule has 0 fully saturated rings. The van der Waals surface area contributed by atoms with E-state index < -0.39 is 0 Å². The predicted molar refractivity (Wildman–Crippen MR) is 84.7 cm³/mol. The Morgan fingerprint density at radius 2 is 1.77 bits per heavy atom. The van der Waals surface area contributed by atoms with Gasteiger partial charge < -0.3 is 4.74 Å². The van der Waals surface area contributed by atoms with Gasteiger partial charge in [-0.15, -0.1) is 0 Å². The fourth-order valence-electron chi connectivity index (χ4n) is 2.36. The molecule has 0 spiro atoms. The Morgan fingerprint density at radius 3 is 2.45 bits per heavy atom. The van der Waals surface area contributed by atoms with Gasteiger partial charge in [-0.3, -0.25) is 0 Å². The monoisotopic (exact) mass is 293 g/mol. The molecule has 4 nitrogen and oxygen atoms in total. The summed E-state index contributed by atoms with van der Waals surface area (Å²) in [7, 11) is 1.64. The molecule has 0 bridgehead atoms. The van der Waals surface area contributed by atoms with Gasteiger partial charge in [0.15, 0.2) is 0 Å². The Balaban J connectivity index is 1.85. The van der Waals surface area contributed by atoms with Gasteiger partial charge in [-0.2, -0.15) is 5.43 Å². The van der Waals surface area contributed by atoms with Gasteiger partial charge in [0.05, 0.1) is 12.7 Å². The first-order chi connectivity index (χ1) is 10.8. The highest BCUT2D eigenvalue weighted by atomic mass is 16.5. The lowest BCUT2D eigenvalue weighted by Crippen LogP contribution is -2.84. The molecule has 1 amide bonds. The quantitative estimate of drug-likeness (QED) is 0.872. The number of hydrogen-bond donors (Lipinski definition) is 1. The Bertz CT molecular complexity index is 731. The first-order valence-corrected chi connectivity index (χ1v) is 7.10. The molecule has 22 heavy (non-hydrogen) atoms. The second-order valence-corrected chi connectivity index (χ2v) is 5.07. The molecule has 0 saturated heterocycles. The molecule has 0 aromatic heterocycles. The van der Waals surface area contributed by atoms with Gasteiger partial charge in [0.1, 0.15) is 11.5 Å². The number of carbonyl (C=O) groups is 1. The third-order valence-electron chi connectivity index (χ3n) is 3.57. The summed E-state index contributed by atoms with van der Waals surface area (Å²) in [5.74, 6) is 0.773. The van der Waals surface area contributed by atoms with E-state index in [0.717, 1.165) is 28.2 Å². The van der Waals surface area contributed by atoms with Gasteiger partial charge >= 0.3 is 5.91 Å². The van der Waals surface area contributed by atoms with Gasteiger partial charge in [-0.25, -0.2) is 4.79 Å². The highest BCUT2D eigenvalue weighted by molar-refractivity contribution is 6.12. The molecule has 1 heterocycles. The van der Waals surface area contributed by atoms with E-state index in [9.17, 15) is 4.79 Å². The standard InChI is InChI=1S/C18H16N2O2/c1-22-16-9-7-14(8-10-16)17-12-15(18(21)20-19-17)11-13-5-3-2-4-6-13/h2-10,12H,11H2,1H3,(H,20,21)/p+1. The summed E-state index contributed by atoms with van der Waals surface area (Å²) in [5.41, 5.74) is 5.04. The summed E-state index contributed by atoms with van der Waals surface area (Å²) in [6, 6.07) is 17.6. The van der Waals surface area contributed by atoms with Crippen molar-refractivity contribution in [3.05, 3.63) is 77.4 Å². The van der Waals surface area contributed by atoms with Crippen LogP contribution in [0.15, 0.2) is 71.3 Å². The van der Waals surface area contributed by atoms with Crippen molar-refractivity contribution in [3.8, 4) is 5.75 Å². The van der Waals surface area contributed by atoms with Crippen molar-refractivity contribution in [3.63, 3.8) is 0 Å². The molecular weight excluding hydrogens is 276 g/mol. The molecule has 0 saturated carbocycles. The van der Waals surface area contributed by atoms with Crippen LogP contribution >= 0.6 is 0 Å². The van der Waals surface area contributed by atoms with E-state index in [4.69, 9.17) is 4.74 Å². The zero-order valence-electron chi connectivity index (χ0n) is 12.3. The number of primary amides is 1. The smallest absolute Gasteiger partial charge is 0.364 e. The van der Waals surface area contributed by atoms with E-state index in [1.807, 2.05) is 60.7 Å². The van der Waals surface area contributed by atoms with Gasteiger partial charge in [0, 0.05) is 12.0 Å². The Hall–Kier alpha value is -2.72. The number of amides is 1. The number of carbonyl (C=O) groups excluding carboxylic acids is 1. The van der Waals surface area contributed by atoms with Crippen molar-refractivity contribution in [1.29, 1.82) is 0 Å². The van der Waals surface area contributed by atoms with Gasteiger partial charge in [0.25, 0.3) is 0 Å². The minimum Gasteiger partial charge on any atom is -0.497 e. The normalized spacial score (nSPS) is 14.3. The van der Waals surface area contributed by atoms with Crippen LogP contribution in [0, 0.1) is 0 Å². The van der Waals surface area contributed by atoms with E-state index >= 15 is 0 Å². The zero-order chi connectivity index (χ0) is 15.4. The Labute approximate surface area is 129 Å². The number of allylic oxidation sites excluding steroid dienone is 1. The molecule has 3 rings (SSSR count). The van der Waals surface area contributed by atoms with Crippen LogP contribution in [0.4, 0.5) is 0 Å². The minimum atomic E-state index is -0.0267. The van der Waals surface area contributed by atoms with Crippen LogP contribution in [0.2, 0.25) is 0 Å². The average molecular weight is 293 g/mol. The summed E-state index contributed by atoms with van der Waals surface area (Å²) in [6.07, 6.45) is 2.49. The summed E-state index contributed by atoms with van der Waals surface area (Å²) < 4.78 is 5.16. The van der Waals surface area contributed by atoms with Crippen molar-refractivity contribution < 1.29 is 15.0 Å². The van der Waals surface area contributed by atoms with E-state index in [0.29, 0.717) is 6.42 Å². The van der Waals surface area contributed by atoms with Crippen LogP contribution in [0.5, 0.6) is 5.75 Å². The van der Waals surface area contributed by atoms with Crippen LogP contribution < -0.4 is 10.2 Å². The highest BCUT2D eigenvalue weighted by Gasteiger charge is 2.21. The van der Waals surface area contributed by atoms with Crippen LogP contribution in [-0.2, 0) is 11.2 Å². The molecule has 0 unspecified atom stereocenters. The summed E-state index contributed by atoms with van der Waals surface area (Å²) in [6.45, 7) is 0. The van der Waals surface area contributed by atoms with Gasteiger partial charge in [-0.05, 0) is 35.9 Å². The fourth-order valence-corrected chi connectivity index (χ4v) is 2.36. The Morgan fingerprint density at radius 1 is 1.05 bits per heavy atom. The van der Waals surface area contributed by atoms with E-state index in [1.165, 1.54) is 5.43 Å². The number of rotatable bonds is 4. The first-order valence-electron chi connectivity index (χ1n) is 7.10. The summed E-state index contributed by atoms with van der Waals surface area (Å²) in [5, 5.41) is 4.25. The average Bonchev–Trinajstić information content (AvgIpc) is 2.58. The number of methoxy groups -OCH3 is 1. The first kappa shape index (κ1) is 14.2. The lowest BCUT2D eigenvalue weighted by Gasteiger charge is -2.10. The SMILES string of the molecule is COc1ccc(C2=N[NH2+]C(=O)C(Cc3ccccc3)=C2)cc1. The lowest BCUT2D eigenvalue weighted by atomic mass is 10.00. The number of hydrogen-bond acceptors (Lipinski definition) is 3. The zero-order valence-corrected chi connectivity index (χ0v) is 12.3. The highest BCUT2D eigenvalue weighted by Crippen LogP contribution is 2.15. The minimum absolute atomic E-state index is 0.0267. The van der Waals surface area contributed by atoms with Gasteiger partial charge in [0.2, 0.25) is 0 Å². The van der Waals surface area contributed by atoms with Crippen LogP contribution in [0.25, 0.3) is 0 Å². The third kappa shape index (κ3) is 3.13. The Kier molecular flexibility index (Phi) is 4.12. The van der Waals surface area contributed by atoms with E-state index in [2.05, 4.69) is 5.10 Å². The van der Waals surface area contributed by atoms with Gasteiger partial charge in [-0.1, -0.05) is 35.4 Å².